The lowest BCUT2D eigenvalue weighted by atomic mass is 9.98. The third kappa shape index (κ3) is 2.30. The van der Waals surface area contributed by atoms with Gasteiger partial charge in [0.1, 0.15) is 0 Å². The number of likely N-dealkylation sites (tertiary alicyclic amines) is 1. The maximum absolute atomic E-state index is 12.6. The zero-order valence-electron chi connectivity index (χ0n) is 11.0. The van der Waals surface area contributed by atoms with Crippen molar-refractivity contribution in [2.75, 3.05) is 13.1 Å². The lowest BCUT2D eigenvalue weighted by Gasteiger charge is -2.30. The molecule has 0 bridgehead atoms. The van der Waals surface area contributed by atoms with Gasteiger partial charge in [-0.15, -0.1) is 0 Å². The fraction of sp³-hybridized carbons (Fsp3) is 0.400. The summed E-state index contributed by atoms with van der Waals surface area (Å²) < 4.78 is 0. The van der Waals surface area contributed by atoms with Crippen LogP contribution in [0, 0.1) is 5.92 Å². The van der Waals surface area contributed by atoms with Gasteiger partial charge < -0.3 is 4.90 Å². The fourth-order valence-electron chi connectivity index (χ4n) is 2.54. The van der Waals surface area contributed by atoms with Crippen LogP contribution in [0.15, 0.2) is 30.7 Å². The van der Waals surface area contributed by atoms with Crippen LogP contribution in [0.4, 0.5) is 0 Å². The first-order valence-corrected chi connectivity index (χ1v) is 6.73. The molecule has 4 heteroatoms. The number of rotatable bonds is 1. The van der Waals surface area contributed by atoms with Crippen LogP contribution in [0.3, 0.4) is 0 Å². The molecule has 1 aliphatic rings. The number of amides is 1. The summed E-state index contributed by atoms with van der Waals surface area (Å²) in [7, 11) is 0. The van der Waals surface area contributed by atoms with Crippen molar-refractivity contribution in [2.45, 2.75) is 19.8 Å². The zero-order chi connectivity index (χ0) is 13.2. The standard InChI is InChI=1S/C15H17N3O/c1-11-4-7-18(8-5-11)15(19)13-10-16-9-12-3-2-6-17-14(12)13/h2-3,6,9-11H,4-5,7-8H2,1H3. The summed E-state index contributed by atoms with van der Waals surface area (Å²) in [5.74, 6) is 0.775. The highest BCUT2D eigenvalue weighted by molar-refractivity contribution is 6.04. The first-order chi connectivity index (χ1) is 9.25. The molecule has 3 rings (SSSR count). The molecule has 0 saturated carbocycles. The summed E-state index contributed by atoms with van der Waals surface area (Å²) in [5.41, 5.74) is 1.37. The van der Waals surface area contributed by atoms with E-state index >= 15 is 0 Å². The Morgan fingerprint density at radius 3 is 2.89 bits per heavy atom. The van der Waals surface area contributed by atoms with E-state index in [0.717, 1.165) is 36.8 Å². The van der Waals surface area contributed by atoms with E-state index in [1.54, 1.807) is 18.6 Å². The Hall–Kier alpha value is -1.97. The minimum Gasteiger partial charge on any atom is -0.339 e. The average molecular weight is 255 g/mol. The molecule has 1 saturated heterocycles. The Morgan fingerprint density at radius 2 is 2.11 bits per heavy atom. The predicted octanol–water partition coefficient (Wildman–Crippen LogP) is 2.50. The van der Waals surface area contributed by atoms with Gasteiger partial charge in [0.15, 0.2) is 0 Å². The van der Waals surface area contributed by atoms with Gasteiger partial charge in [-0.05, 0) is 30.9 Å². The van der Waals surface area contributed by atoms with Gasteiger partial charge in [0.25, 0.3) is 5.91 Å². The van der Waals surface area contributed by atoms with Crippen molar-refractivity contribution in [3.8, 4) is 0 Å². The number of hydrogen-bond donors (Lipinski definition) is 0. The van der Waals surface area contributed by atoms with Gasteiger partial charge >= 0.3 is 0 Å². The minimum absolute atomic E-state index is 0.0590. The van der Waals surface area contributed by atoms with Crippen LogP contribution in [0.25, 0.3) is 10.9 Å². The molecule has 3 heterocycles. The molecule has 19 heavy (non-hydrogen) atoms. The van der Waals surface area contributed by atoms with Crippen LogP contribution in [-0.4, -0.2) is 33.9 Å². The second kappa shape index (κ2) is 4.96. The molecule has 0 radical (unpaired) electrons. The first kappa shape index (κ1) is 12.1. The minimum atomic E-state index is 0.0590. The molecule has 0 N–H and O–H groups in total. The van der Waals surface area contributed by atoms with E-state index in [-0.39, 0.29) is 5.91 Å². The monoisotopic (exact) mass is 255 g/mol. The highest BCUT2D eigenvalue weighted by Gasteiger charge is 2.23. The molecule has 98 valence electrons. The first-order valence-electron chi connectivity index (χ1n) is 6.73. The molecular formula is C15H17N3O. The number of nitrogens with zero attached hydrogens (tertiary/aromatic N) is 3. The van der Waals surface area contributed by atoms with Crippen LogP contribution in [0.1, 0.15) is 30.1 Å². The molecule has 1 aliphatic heterocycles. The average Bonchev–Trinajstić information content (AvgIpc) is 2.47. The number of aromatic nitrogens is 2. The van der Waals surface area contributed by atoms with E-state index in [2.05, 4.69) is 16.9 Å². The number of pyridine rings is 2. The Balaban J connectivity index is 1.93. The van der Waals surface area contributed by atoms with Crippen molar-refractivity contribution in [3.63, 3.8) is 0 Å². The van der Waals surface area contributed by atoms with Crippen LogP contribution in [-0.2, 0) is 0 Å². The van der Waals surface area contributed by atoms with E-state index in [0.29, 0.717) is 11.5 Å². The number of carbonyl (C=O) groups excluding carboxylic acids is 1. The van der Waals surface area contributed by atoms with Gasteiger partial charge in [-0.2, -0.15) is 0 Å². The van der Waals surface area contributed by atoms with Gasteiger partial charge in [0.05, 0.1) is 11.1 Å². The van der Waals surface area contributed by atoms with Crippen LogP contribution < -0.4 is 0 Å². The fourth-order valence-corrected chi connectivity index (χ4v) is 2.54. The Kier molecular flexibility index (Phi) is 3.15. The molecule has 0 aliphatic carbocycles. The van der Waals surface area contributed by atoms with E-state index < -0.39 is 0 Å². The molecule has 2 aromatic rings. The second-order valence-electron chi connectivity index (χ2n) is 5.24. The summed E-state index contributed by atoms with van der Waals surface area (Å²) >= 11 is 0. The zero-order valence-corrected chi connectivity index (χ0v) is 11.0. The van der Waals surface area contributed by atoms with Gasteiger partial charge in [-0.3, -0.25) is 14.8 Å². The molecule has 0 unspecified atom stereocenters. The topological polar surface area (TPSA) is 46.1 Å². The van der Waals surface area contributed by atoms with Crippen LogP contribution in [0.2, 0.25) is 0 Å². The van der Waals surface area contributed by atoms with Crippen molar-refractivity contribution < 1.29 is 4.79 Å². The highest BCUT2D eigenvalue weighted by atomic mass is 16.2. The molecule has 2 aromatic heterocycles. The maximum atomic E-state index is 12.6. The summed E-state index contributed by atoms with van der Waals surface area (Å²) in [6.07, 6.45) is 7.26. The summed E-state index contributed by atoms with van der Waals surface area (Å²) in [6.45, 7) is 3.91. The van der Waals surface area contributed by atoms with Crippen LogP contribution >= 0.6 is 0 Å². The number of piperidine rings is 1. The van der Waals surface area contributed by atoms with Gasteiger partial charge in [0.2, 0.25) is 0 Å². The molecule has 1 fully saturated rings. The Morgan fingerprint density at radius 1 is 1.32 bits per heavy atom. The maximum Gasteiger partial charge on any atom is 0.257 e. The van der Waals surface area contributed by atoms with Crippen molar-refractivity contribution in [2.24, 2.45) is 5.92 Å². The van der Waals surface area contributed by atoms with E-state index in [9.17, 15) is 4.79 Å². The smallest absolute Gasteiger partial charge is 0.257 e. The second-order valence-corrected chi connectivity index (χ2v) is 5.24. The largest absolute Gasteiger partial charge is 0.339 e. The summed E-state index contributed by atoms with van der Waals surface area (Å²) in [6, 6.07) is 3.80. The van der Waals surface area contributed by atoms with E-state index in [1.807, 2.05) is 17.0 Å². The van der Waals surface area contributed by atoms with E-state index in [4.69, 9.17) is 0 Å². The van der Waals surface area contributed by atoms with Crippen molar-refractivity contribution in [3.05, 3.63) is 36.3 Å². The molecule has 4 nitrogen and oxygen atoms in total. The van der Waals surface area contributed by atoms with Crippen molar-refractivity contribution >= 4 is 16.8 Å². The molecule has 0 atom stereocenters. The predicted molar refractivity (Wildman–Crippen MR) is 73.8 cm³/mol. The molecule has 0 spiro atoms. The summed E-state index contributed by atoms with van der Waals surface area (Å²) in [4.78, 5) is 23.0. The highest BCUT2D eigenvalue weighted by Crippen LogP contribution is 2.21. The normalized spacial score (nSPS) is 16.8. The number of carbonyl (C=O) groups is 1. The number of fused-ring (bicyclic) bond motifs is 1. The Labute approximate surface area is 112 Å². The van der Waals surface area contributed by atoms with Crippen molar-refractivity contribution in [1.82, 2.24) is 14.9 Å². The Bertz CT molecular complexity index is 598. The lowest BCUT2D eigenvalue weighted by Crippen LogP contribution is -2.38. The van der Waals surface area contributed by atoms with Crippen molar-refractivity contribution in [1.29, 1.82) is 0 Å². The quantitative estimate of drug-likeness (QED) is 0.786. The third-order valence-electron chi connectivity index (χ3n) is 3.81. The van der Waals surface area contributed by atoms with Gasteiger partial charge in [-0.25, -0.2) is 0 Å². The number of hydrogen-bond acceptors (Lipinski definition) is 3. The lowest BCUT2D eigenvalue weighted by molar-refractivity contribution is 0.0698. The van der Waals surface area contributed by atoms with Crippen LogP contribution in [0.5, 0.6) is 0 Å². The molecular weight excluding hydrogens is 238 g/mol. The SMILES string of the molecule is CC1CCN(C(=O)c2cncc3cccnc23)CC1. The van der Waals surface area contributed by atoms with Gasteiger partial charge in [-0.1, -0.05) is 6.92 Å². The summed E-state index contributed by atoms with van der Waals surface area (Å²) in [5, 5.41) is 0.915. The molecule has 1 amide bonds. The van der Waals surface area contributed by atoms with E-state index in [1.165, 1.54) is 0 Å². The molecule has 0 aromatic carbocycles. The third-order valence-corrected chi connectivity index (χ3v) is 3.81. The van der Waals surface area contributed by atoms with Gasteiger partial charge in [0, 0.05) is 37.1 Å².